The van der Waals surface area contributed by atoms with Gasteiger partial charge < -0.3 is 5.32 Å². The van der Waals surface area contributed by atoms with E-state index in [0.717, 1.165) is 5.57 Å². The molecule has 0 unspecified atom stereocenters. The molecule has 0 radical (unpaired) electrons. The highest BCUT2D eigenvalue weighted by Crippen LogP contribution is 2.04. The summed E-state index contributed by atoms with van der Waals surface area (Å²) >= 11 is 0. The van der Waals surface area contributed by atoms with Gasteiger partial charge in [-0.25, -0.2) is 0 Å². The lowest BCUT2D eigenvalue weighted by Gasteiger charge is -1.99. The summed E-state index contributed by atoms with van der Waals surface area (Å²) in [6.07, 6.45) is 6.49. The standard InChI is InChI=1S/C10H16N2O/c1-4-9(7-8-11-2)5-6-10(13)12-3/h4,7-8H,1,5-6H2,2-3H3,(H,12,13)/b9-7+,11-8-. The molecule has 0 spiro atoms. The maximum absolute atomic E-state index is 10.9. The van der Waals surface area contributed by atoms with Crippen LogP contribution in [0.1, 0.15) is 12.8 Å². The van der Waals surface area contributed by atoms with Crippen molar-refractivity contribution in [3.05, 3.63) is 24.3 Å². The Morgan fingerprint density at radius 1 is 1.54 bits per heavy atom. The van der Waals surface area contributed by atoms with E-state index in [1.165, 1.54) is 0 Å². The van der Waals surface area contributed by atoms with Crippen molar-refractivity contribution in [2.24, 2.45) is 4.99 Å². The predicted molar refractivity (Wildman–Crippen MR) is 56.0 cm³/mol. The highest BCUT2D eigenvalue weighted by Gasteiger charge is 1.98. The third-order valence-electron chi connectivity index (χ3n) is 1.62. The number of nitrogens with zero attached hydrogens (tertiary/aromatic N) is 1. The Morgan fingerprint density at radius 2 is 2.23 bits per heavy atom. The van der Waals surface area contributed by atoms with Gasteiger partial charge in [-0.15, -0.1) is 0 Å². The fraction of sp³-hybridized carbons (Fsp3) is 0.400. The monoisotopic (exact) mass is 180 g/mol. The molecule has 0 aliphatic rings. The molecule has 0 atom stereocenters. The Bertz CT molecular complexity index is 229. The summed E-state index contributed by atoms with van der Waals surface area (Å²) in [4.78, 5) is 14.7. The van der Waals surface area contributed by atoms with Crippen molar-refractivity contribution < 1.29 is 4.79 Å². The van der Waals surface area contributed by atoms with Gasteiger partial charge in [0.2, 0.25) is 5.91 Å². The zero-order chi connectivity index (χ0) is 10.1. The molecule has 0 rings (SSSR count). The van der Waals surface area contributed by atoms with Gasteiger partial charge in [-0.05, 0) is 18.1 Å². The van der Waals surface area contributed by atoms with Crippen LogP contribution < -0.4 is 5.32 Å². The molecular formula is C10H16N2O. The van der Waals surface area contributed by atoms with E-state index in [4.69, 9.17) is 0 Å². The van der Waals surface area contributed by atoms with Crippen molar-refractivity contribution in [3.8, 4) is 0 Å². The van der Waals surface area contributed by atoms with Crippen molar-refractivity contribution in [1.29, 1.82) is 0 Å². The SMILES string of the molecule is C=C/C(=C\C=N/C)CCC(=O)NC. The van der Waals surface area contributed by atoms with Gasteiger partial charge in [0, 0.05) is 26.7 Å². The van der Waals surface area contributed by atoms with Gasteiger partial charge in [0.1, 0.15) is 0 Å². The van der Waals surface area contributed by atoms with Gasteiger partial charge in [0.25, 0.3) is 0 Å². The molecule has 0 aliphatic carbocycles. The van der Waals surface area contributed by atoms with Crippen molar-refractivity contribution in [2.75, 3.05) is 14.1 Å². The van der Waals surface area contributed by atoms with Crippen molar-refractivity contribution in [3.63, 3.8) is 0 Å². The molecule has 0 saturated heterocycles. The van der Waals surface area contributed by atoms with E-state index >= 15 is 0 Å². The second-order valence-corrected chi connectivity index (χ2v) is 2.53. The Hall–Kier alpha value is -1.38. The van der Waals surface area contributed by atoms with E-state index in [0.29, 0.717) is 12.8 Å². The topological polar surface area (TPSA) is 41.5 Å². The van der Waals surface area contributed by atoms with Crippen LogP contribution in [-0.2, 0) is 4.79 Å². The molecule has 13 heavy (non-hydrogen) atoms. The Morgan fingerprint density at radius 3 is 2.69 bits per heavy atom. The van der Waals surface area contributed by atoms with E-state index in [1.807, 2.05) is 6.08 Å². The number of carbonyl (C=O) groups is 1. The molecule has 0 aliphatic heterocycles. The first-order valence-electron chi connectivity index (χ1n) is 4.19. The summed E-state index contributed by atoms with van der Waals surface area (Å²) in [5.74, 6) is 0.0428. The normalized spacial score (nSPS) is 11.7. The molecule has 0 aromatic carbocycles. The second kappa shape index (κ2) is 7.28. The predicted octanol–water partition coefficient (Wildman–Crippen LogP) is 1.33. The minimum absolute atomic E-state index is 0.0428. The second-order valence-electron chi connectivity index (χ2n) is 2.53. The average Bonchev–Trinajstić information content (AvgIpc) is 2.17. The molecule has 0 heterocycles. The van der Waals surface area contributed by atoms with Gasteiger partial charge in [0.05, 0.1) is 0 Å². The van der Waals surface area contributed by atoms with Gasteiger partial charge >= 0.3 is 0 Å². The summed E-state index contributed by atoms with van der Waals surface area (Å²) in [5.41, 5.74) is 1.02. The zero-order valence-electron chi connectivity index (χ0n) is 8.21. The lowest BCUT2D eigenvalue weighted by molar-refractivity contribution is -0.120. The maximum atomic E-state index is 10.9. The number of aliphatic imine (C=N–C) groups is 1. The Kier molecular flexibility index (Phi) is 6.51. The van der Waals surface area contributed by atoms with Crippen LogP contribution in [0.4, 0.5) is 0 Å². The first kappa shape index (κ1) is 11.6. The molecule has 0 saturated carbocycles. The summed E-state index contributed by atoms with van der Waals surface area (Å²) in [7, 11) is 3.34. The van der Waals surface area contributed by atoms with E-state index < -0.39 is 0 Å². The highest BCUT2D eigenvalue weighted by molar-refractivity contribution is 5.77. The number of carbonyl (C=O) groups excluding carboxylic acids is 1. The highest BCUT2D eigenvalue weighted by atomic mass is 16.1. The number of nitrogens with one attached hydrogen (secondary N) is 1. The number of amides is 1. The van der Waals surface area contributed by atoms with Gasteiger partial charge in [0.15, 0.2) is 0 Å². The maximum Gasteiger partial charge on any atom is 0.220 e. The largest absolute Gasteiger partial charge is 0.359 e. The van der Waals surface area contributed by atoms with Crippen molar-refractivity contribution in [1.82, 2.24) is 5.32 Å². The van der Waals surface area contributed by atoms with Gasteiger partial charge in [-0.1, -0.05) is 12.7 Å². The number of allylic oxidation sites excluding steroid dienone is 3. The summed E-state index contributed by atoms with van der Waals surface area (Å²) in [6, 6.07) is 0. The van der Waals surface area contributed by atoms with Crippen molar-refractivity contribution >= 4 is 12.1 Å². The molecule has 1 N–H and O–H groups in total. The zero-order valence-corrected chi connectivity index (χ0v) is 8.21. The lowest BCUT2D eigenvalue weighted by Crippen LogP contribution is -2.17. The molecule has 3 heteroatoms. The van der Waals surface area contributed by atoms with Crippen molar-refractivity contribution in [2.45, 2.75) is 12.8 Å². The van der Waals surface area contributed by atoms with Crippen LogP contribution >= 0.6 is 0 Å². The summed E-state index contributed by atoms with van der Waals surface area (Å²) in [6.45, 7) is 3.66. The minimum atomic E-state index is 0.0428. The Balaban J connectivity index is 3.99. The summed E-state index contributed by atoms with van der Waals surface area (Å²) in [5, 5.41) is 2.57. The van der Waals surface area contributed by atoms with Crippen LogP contribution in [0.2, 0.25) is 0 Å². The van der Waals surface area contributed by atoms with Crippen LogP contribution in [0.3, 0.4) is 0 Å². The van der Waals surface area contributed by atoms with Crippen LogP contribution in [0.25, 0.3) is 0 Å². The molecule has 3 nitrogen and oxygen atoms in total. The number of rotatable bonds is 5. The molecule has 0 fully saturated rings. The van der Waals surface area contributed by atoms with E-state index in [9.17, 15) is 4.79 Å². The summed E-state index contributed by atoms with van der Waals surface area (Å²) < 4.78 is 0. The minimum Gasteiger partial charge on any atom is -0.359 e. The van der Waals surface area contributed by atoms with E-state index in [-0.39, 0.29) is 5.91 Å². The molecule has 0 aromatic rings. The third kappa shape index (κ3) is 5.84. The smallest absolute Gasteiger partial charge is 0.220 e. The average molecular weight is 180 g/mol. The van der Waals surface area contributed by atoms with Gasteiger partial charge in [-0.3, -0.25) is 9.79 Å². The first-order valence-corrected chi connectivity index (χ1v) is 4.19. The Labute approximate surface area is 79.3 Å². The van der Waals surface area contributed by atoms with Crippen LogP contribution in [-0.4, -0.2) is 26.2 Å². The molecule has 0 aromatic heterocycles. The molecular weight excluding hydrogens is 164 g/mol. The van der Waals surface area contributed by atoms with Crippen LogP contribution in [0.5, 0.6) is 0 Å². The quantitative estimate of drug-likeness (QED) is 0.503. The number of hydrogen-bond donors (Lipinski definition) is 1. The lowest BCUT2D eigenvalue weighted by atomic mass is 10.1. The third-order valence-corrected chi connectivity index (χ3v) is 1.62. The molecule has 72 valence electrons. The fourth-order valence-corrected chi connectivity index (χ4v) is 0.807. The fourth-order valence-electron chi connectivity index (χ4n) is 0.807. The van der Waals surface area contributed by atoms with E-state index in [1.54, 1.807) is 26.4 Å². The molecule has 1 amide bonds. The van der Waals surface area contributed by atoms with E-state index in [2.05, 4.69) is 16.9 Å². The molecule has 0 bridgehead atoms. The van der Waals surface area contributed by atoms with Gasteiger partial charge in [-0.2, -0.15) is 0 Å². The van der Waals surface area contributed by atoms with Crippen LogP contribution in [0.15, 0.2) is 29.3 Å². The van der Waals surface area contributed by atoms with Crippen LogP contribution in [0, 0.1) is 0 Å². The number of hydrogen-bond acceptors (Lipinski definition) is 2. The first-order chi connectivity index (χ1) is 6.24.